The molecule has 1 aliphatic rings. The second kappa shape index (κ2) is 7.94. The van der Waals surface area contributed by atoms with E-state index in [-0.39, 0.29) is 24.1 Å². The Bertz CT molecular complexity index is 732. The van der Waals surface area contributed by atoms with Crippen molar-refractivity contribution in [2.45, 2.75) is 26.8 Å². The van der Waals surface area contributed by atoms with Crippen molar-refractivity contribution >= 4 is 34.6 Å². The molecule has 1 atom stereocenters. The first-order valence-corrected chi connectivity index (χ1v) is 8.95. The van der Waals surface area contributed by atoms with Crippen LogP contribution in [0.25, 0.3) is 0 Å². The van der Waals surface area contributed by atoms with E-state index in [9.17, 15) is 14.7 Å². The minimum Gasteiger partial charge on any atom is -0.504 e. The quantitative estimate of drug-likeness (QED) is 0.521. The number of aromatic hydroxyl groups is 1. The first-order chi connectivity index (χ1) is 11.8. The molecule has 1 aromatic carbocycles. The minimum atomic E-state index is -0.683. The van der Waals surface area contributed by atoms with Crippen molar-refractivity contribution < 1.29 is 24.2 Å². The zero-order valence-electron chi connectivity index (χ0n) is 14.6. The number of nitrogens with one attached hydrogen (secondary N) is 1. The lowest BCUT2D eigenvalue weighted by atomic mass is 9.94. The molecule has 2 rings (SSSR count). The van der Waals surface area contributed by atoms with Crippen LogP contribution in [0.5, 0.6) is 11.5 Å². The molecule has 25 heavy (non-hydrogen) atoms. The van der Waals surface area contributed by atoms with Crippen molar-refractivity contribution in [3.05, 3.63) is 32.5 Å². The fraction of sp³-hybridized carbons (Fsp3) is 0.412. The summed E-state index contributed by atoms with van der Waals surface area (Å²) < 4.78 is 10.9. The highest BCUT2D eigenvalue weighted by molar-refractivity contribution is 14.1. The van der Waals surface area contributed by atoms with E-state index in [4.69, 9.17) is 9.47 Å². The van der Waals surface area contributed by atoms with Gasteiger partial charge in [-0.1, -0.05) is 0 Å². The van der Waals surface area contributed by atoms with Crippen LogP contribution in [0.1, 0.15) is 32.4 Å². The molecule has 0 bridgehead atoms. The van der Waals surface area contributed by atoms with Crippen LogP contribution in [0.15, 0.2) is 23.4 Å². The highest BCUT2D eigenvalue weighted by Gasteiger charge is 2.36. The average Bonchev–Trinajstić information content (AvgIpc) is 2.57. The Balaban J connectivity index is 2.61. The number of ether oxygens (including phenoxy) is 2. The lowest BCUT2D eigenvalue weighted by Crippen LogP contribution is -2.47. The summed E-state index contributed by atoms with van der Waals surface area (Å²) in [4.78, 5) is 26.4. The van der Waals surface area contributed by atoms with Gasteiger partial charge in [-0.05, 0) is 61.1 Å². The summed E-state index contributed by atoms with van der Waals surface area (Å²) in [7, 11) is 1.44. The number of esters is 1. The van der Waals surface area contributed by atoms with Crippen LogP contribution in [-0.4, -0.2) is 42.3 Å². The summed E-state index contributed by atoms with van der Waals surface area (Å²) in [6.45, 7) is 5.96. The van der Waals surface area contributed by atoms with E-state index in [1.165, 1.54) is 12.0 Å². The summed E-state index contributed by atoms with van der Waals surface area (Å²) in [6.07, 6.45) is 0. The molecule has 1 aromatic rings. The van der Waals surface area contributed by atoms with Crippen molar-refractivity contribution in [1.29, 1.82) is 0 Å². The third-order valence-corrected chi connectivity index (χ3v) is 4.83. The Morgan fingerprint density at radius 2 is 2.08 bits per heavy atom. The van der Waals surface area contributed by atoms with Crippen LogP contribution in [0.4, 0.5) is 4.79 Å². The molecule has 1 heterocycles. The molecule has 0 aliphatic carbocycles. The third-order valence-electron chi connectivity index (χ3n) is 4.01. The zero-order valence-corrected chi connectivity index (χ0v) is 16.7. The molecular formula is C17H21IN2O5. The van der Waals surface area contributed by atoms with Gasteiger partial charge in [-0.3, -0.25) is 4.90 Å². The van der Waals surface area contributed by atoms with Crippen LogP contribution in [0.2, 0.25) is 0 Å². The predicted octanol–water partition coefficient (Wildman–Crippen LogP) is 2.93. The van der Waals surface area contributed by atoms with Gasteiger partial charge in [0.05, 0.1) is 28.9 Å². The van der Waals surface area contributed by atoms with Crippen LogP contribution in [0, 0.1) is 3.57 Å². The number of nitrogens with zero attached hydrogens (tertiary/aromatic N) is 1. The maximum absolute atomic E-state index is 12.5. The van der Waals surface area contributed by atoms with Crippen molar-refractivity contribution in [3.63, 3.8) is 0 Å². The number of carbonyl (C=O) groups is 2. The number of allylic oxidation sites excluding steroid dienone is 1. The van der Waals surface area contributed by atoms with Crippen LogP contribution in [0.3, 0.4) is 0 Å². The summed E-state index contributed by atoms with van der Waals surface area (Å²) in [6, 6.07) is 2.34. The van der Waals surface area contributed by atoms with Gasteiger partial charge in [0.25, 0.3) is 0 Å². The number of amides is 2. The van der Waals surface area contributed by atoms with Gasteiger partial charge in [0.2, 0.25) is 0 Å². The second-order valence-electron chi connectivity index (χ2n) is 5.40. The van der Waals surface area contributed by atoms with Crippen LogP contribution < -0.4 is 10.1 Å². The summed E-state index contributed by atoms with van der Waals surface area (Å²) in [5.74, 6) is -0.192. The van der Waals surface area contributed by atoms with Gasteiger partial charge >= 0.3 is 12.0 Å². The fourth-order valence-corrected chi connectivity index (χ4v) is 3.43. The van der Waals surface area contributed by atoms with Gasteiger partial charge in [0.1, 0.15) is 0 Å². The van der Waals surface area contributed by atoms with Gasteiger partial charge in [0.15, 0.2) is 11.5 Å². The van der Waals surface area contributed by atoms with Gasteiger partial charge < -0.3 is 19.9 Å². The smallest absolute Gasteiger partial charge is 0.338 e. The van der Waals surface area contributed by atoms with E-state index in [2.05, 4.69) is 5.32 Å². The number of benzene rings is 1. The summed E-state index contributed by atoms with van der Waals surface area (Å²) in [5.41, 5.74) is 1.55. The minimum absolute atomic E-state index is 0.0163. The van der Waals surface area contributed by atoms with Crippen LogP contribution >= 0.6 is 22.6 Å². The molecule has 1 aliphatic heterocycles. The van der Waals surface area contributed by atoms with Gasteiger partial charge in [-0.25, -0.2) is 9.59 Å². The first kappa shape index (κ1) is 19.4. The Hall–Kier alpha value is -1.97. The lowest BCUT2D eigenvalue weighted by molar-refractivity contribution is -0.139. The van der Waals surface area contributed by atoms with Crippen molar-refractivity contribution in [1.82, 2.24) is 10.2 Å². The average molecular weight is 460 g/mol. The Labute approximate surface area is 160 Å². The molecular weight excluding hydrogens is 439 g/mol. The van der Waals surface area contributed by atoms with E-state index >= 15 is 0 Å². The van der Waals surface area contributed by atoms with Gasteiger partial charge in [0, 0.05) is 12.2 Å². The molecule has 0 saturated carbocycles. The molecule has 0 unspecified atom stereocenters. The molecule has 136 valence electrons. The number of hydrogen-bond acceptors (Lipinski definition) is 5. The zero-order chi connectivity index (χ0) is 18.7. The molecule has 0 saturated heterocycles. The number of phenolic OH excluding ortho intramolecular Hbond substituents is 1. The molecule has 0 spiro atoms. The number of halogens is 1. The maximum Gasteiger partial charge on any atom is 0.338 e. The number of rotatable bonds is 5. The molecule has 0 fully saturated rings. The molecule has 2 N–H and O–H groups in total. The monoisotopic (exact) mass is 460 g/mol. The van der Waals surface area contributed by atoms with E-state index < -0.39 is 12.0 Å². The number of methoxy groups -OCH3 is 1. The van der Waals surface area contributed by atoms with Crippen molar-refractivity contribution in [2.24, 2.45) is 0 Å². The SMILES string of the molecule is CCOC(=O)C1=C(C)N(CC)C(=O)N[C@H]1c1cc(I)c(O)c(OC)c1. The van der Waals surface area contributed by atoms with E-state index in [0.29, 0.717) is 26.9 Å². The molecule has 0 aromatic heterocycles. The van der Waals surface area contributed by atoms with E-state index in [0.717, 1.165) is 0 Å². The number of hydrogen-bond donors (Lipinski definition) is 2. The summed E-state index contributed by atoms with van der Waals surface area (Å²) in [5, 5.41) is 12.9. The van der Waals surface area contributed by atoms with Gasteiger partial charge in [-0.15, -0.1) is 0 Å². The highest BCUT2D eigenvalue weighted by atomic mass is 127. The van der Waals surface area contributed by atoms with Crippen LogP contribution in [-0.2, 0) is 9.53 Å². The highest BCUT2D eigenvalue weighted by Crippen LogP contribution is 2.38. The first-order valence-electron chi connectivity index (χ1n) is 7.87. The molecule has 2 amide bonds. The third kappa shape index (κ3) is 3.68. The topological polar surface area (TPSA) is 88.1 Å². The Morgan fingerprint density at radius 1 is 1.40 bits per heavy atom. The van der Waals surface area contributed by atoms with E-state index in [1.54, 1.807) is 26.0 Å². The normalized spacial score (nSPS) is 17.4. The van der Waals surface area contributed by atoms with E-state index in [1.807, 2.05) is 29.5 Å². The number of phenols is 1. The Kier molecular flexibility index (Phi) is 6.15. The number of carbonyl (C=O) groups excluding carboxylic acids is 2. The fourth-order valence-electron chi connectivity index (χ4n) is 2.80. The largest absolute Gasteiger partial charge is 0.504 e. The Morgan fingerprint density at radius 3 is 2.64 bits per heavy atom. The molecule has 0 radical (unpaired) electrons. The predicted molar refractivity (Wildman–Crippen MR) is 100 cm³/mol. The molecule has 8 heteroatoms. The maximum atomic E-state index is 12.5. The van der Waals surface area contributed by atoms with Crippen molar-refractivity contribution in [2.75, 3.05) is 20.3 Å². The molecule has 7 nitrogen and oxygen atoms in total. The second-order valence-corrected chi connectivity index (χ2v) is 6.56. The standard InChI is InChI=1S/C17H21IN2O5/c1-5-20-9(3)13(16(22)25-6-2)14(19-17(20)23)10-7-11(18)15(21)12(8-10)24-4/h7-8,14,21H,5-6H2,1-4H3,(H,19,23)/t14-/m0/s1. The van der Waals surface area contributed by atoms with Crippen molar-refractivity contribution in [3.8, 4) is 11.5 Å². The lowest BCUT2D eigenvalue weighted by Gasteiger charge is -2.35. The summed E-state index contributed by atoms with van der Waals surface area (Å²) >= 11 is 1.97. The number of urea groups is 1. The van der Waals surface area contributed by atoms with Gasteiger partial charge in [-0.2, -0.15) is 0 Å².